The molecular weight excluding hydrogens is 387 g/mol. The number of H-pyrrole nitrogens is 1. The monoisotopic (exact) mass is 401 g/mol. The molecule has 1 aliphatic heterocycles. The zero-order valence-electron chi connectivity index (χ0n) is 14.8. The first-order valence-electron chi connectivity index (χ1n) is 8.82. The molecule has 0 fully saturated rings. The van der Waals surface area contributed by atoms with Gasteiger partial charge in [-0.05, 0) is 24.3 Å². The van der Waals surface area contributed by atoms with Gasteiger partial charge in [0.1, 0.15) is 11.7 Å². The Bertz CT molecular complexity index is 1170. The van der Waals surface area contributed by atoms with Crippen molar-refractivity contribution < 1.29 is 18.0 Å². The first-order chi connectivity index (χ1) is 13.9. The van der Waals surface area contributed by atoms with Gasteiger partial charge in [0.15, 0.2) is 0 Å². The number of amides is 1. The van der Waals surface area contributed by atoms with Crippen LogP contribution in [-0.2, 0) is 12.7 Å². The van der Waals surface area contributed by atoms with E-state index in [-0.39, 0.29) is 11.2 Å². The molecule has 5 rings (SSSR count). The largest absolute Gasteiger partial charge is 0.505 e. The normalized spacial score (nSPS) is 16.9. The number of nitrogens with zero attached hydrogens (tertiary/aromatic N) is 6. The van der Waals surface area contributed by atoms with Gasteiger partial charge in [-0.25, -0.2) is 9.50 Å². The molecule has 0 radical (unpaired) electrons. The molecule has 4 aromatic heterocycles. The van der Waals surface area contributed by atoms with Crippen molar-refractivity contribution in [3.63, 3.8) is 0 Å². The van der Waals surface area contributed by atoms with E-state index in [2.05, 4.69) is 20.2 Å². The molecule has 1 atom stereocenters. The minimum Gasteiger partial charge on any atom is -0.348 e. The van der Waals surface area contributed by atoms with Gasteiger partial charge in [-0.2, -0.15) is 14.9 Å². The molecule has 0 unspecified atom stereocenters. The van der Waals surface area contributed by atoms with Crippen LogP contribution in [-0.4, -0.2) is 46.7 Å². The highest BCUT2D eigenvalue weighted by Gasteiger charge is 2.41. The van der Waals surface area contributed by atoms with Gasteiger partial charge < -0.3 is 9.88 Å². The first-order valence-corrected chi connectivity index (χ1v) is 8.82. The number of aromatic nitrogens is 6. The summed E-state index contributed by atoms with van der Waals surface area (Å²) in [5, 5.41) is 7.80. The van der Waals surface area contributed by atoms with Crippen molar-refractivity contribution in [1.29, 1.82) is 0 Å². The van der Waals surface area contributed by atoms with E-state index in [4.69, 9.17) is 0 Å². The molecule has 4 aromatic rings. The zero-order valence-corrected chi connectivity index (χ0v) is 14.8. The minimum absolute atomic E-state index is 0.212. The quantitative estimate of drug-likeness (QED) is 0.560. The van der Waals surface area contributed by atoms with Crippen molar-refractivity contribution in [3.05, 3.63) is 71.8 Å². The van der Waals surface area contributed by atoms with Crippen LogP contribution in [0.5, 0.6) is 0 Å². The summed E-state index contributed by atoms with van der Waals surface area (Å²) in [7, 11) is 0. The molecule has 8 nitrogen and oxygen atoms in total. The average Bonchev–Trinajstić information content (AvgIpc) is 3.44. The Balaban J connectivity index is 1.62. The molecule has 148 valence electrons. The van der Waals surface area contributed by atoms with E-state index in [0.717, 1.165) is 23.5 Å². The predicted molar refractivity (Wildman–Crippen MR) is 93.9 cm³/mol. The Morgan fingerprint density at radius 2 is 2.10 bits per heavy atom. The molecule has 1 N–H and O–H groups in total. The van der Waals surface area contributed by atoms with Gasteiger partial charge in [-0.3, -0.25) is 4.79 Å². The van der Waals surface area contributed by atoms with Crippen LogP contribution in [0, 0.1) is 0 Å². The van der Waals surface area contributed by atoms with Crippen LogP contribution in [0.1, 0.15) is 33.6 Å². The average molecular weight is 401 g/mol. The number of halogens is 3. The maximum absolute atomic E-state index is 13.3. The smallest absolute Gasteiger partial charge is 0.348 e. The lowest BCUT2D eigenvalue weighted by atomic mass is 9.99. The van der Waals surface area contributed by atoms with Gasteiger partial charge in [0.2, 0.25) is 0 Å². The lowest BCUT2D eigenvalue weighted by molar-refractivity contribution is -0.213. The van der Waals surface area contributed by atoms with Crippen molar-refractivity contribution >= 4 is 11.4 Å². The summed E-state index contributed by atoms with van der Waals surface area (Å²) in [6, 6.07) is 7.68. The summed E-state index contributed by atoms with van der Waals surface area (Å²) in [6.45, 7) is 0.218. The number of hydrogen-bond acceptors (Lipinski definition) is 4. The van der Waals surface area contributed by atoms with Crippen LogP contribution in [0.2, 0.25) is 0 Å². The highest BCUT2D eigenvalue weighted by molar-refractivity contribution is 5.93. The van der Waals surface area contributed by atoms with Gasteiger partial charge in [0, 0.05) is 24.9 Å². The number of alkyl halides is 3. The van der Waals surface area contributed by atoms with E-state index in [1.54, 1.807) is 16.8 Å². The summed E-state index contributed by atoms with van der Waals surface area (Å²) < 4.78 is 41.2. The second-order valence-electron chi connectivity index (χ2n) is 6.65. The van der Waals surface area contributed by atoms with Crippen molar-refractivity contribution in [2.24, 2.45) is 0 Å². The Morgan fingerprint density at radius 1 is 1.24 bits per heavy atom. The van der Waals surface area contributed by atoms with Gasteiger partial charge in [-0.1, -0.05) is 6.07 Å². The third-order valence-corrected chi connectivity index (χ3v) is 4.96. The number of aromatic amines is 1. The van der Waals surface area contributed by atoms with Crippen molar-refractivity contribution in [2.45, 2.75) is 18.8 Å². The fourth-order valence-electron chi connectivity index (χ4n) is 3.70. The van der Waals surface area contributed by atoms with Gasteiger partial charge in [0.25, 0.3) is 5.91 Å². The Hall–Kier alpha value is -3.63. The van der Waals surface area contributed by atoms with Crippen molar-refractivity contribution in [1.82, 2.24) is 34.3 Å². The molecule has 0 aromatic carbocycles. The summed E-state index contributed by atoms with van der Waals surface area (Å²) in [5.74, 6) is -0.782. The van der Waals surface area contributed by atoms with Crippen LogP contribution >= 0.6 is 0 Å². The number of carbonyl (C=O) groups excluding carboxylic acids is 1. The number of fused-ring (bicyclic) bond motifs is 2. The topological polar surface area (TPSA) is 84.1 Å². The SMILES string of the molecule is O=C(c1ccnn1C(F)(F)F)N1CCc2[nH]cnc2[C@H]1c1cc2ccccn2n1. The van der Waals surface area contributed by atoms with Gasteiger partial charge in [0.05, 0.1) is 29.4 Å². The first kappa shape index (κ1) is 17.5. The molecule has 0 spiro atoms. The number of nitrogens with one attached hydrogen (secondary N) is 1. The fraction of sp³-hybridized carbons (Fsp3) is 0.222. The molecule has 11 heteroatoms. The Morgan fingerprint density at radius 3 is 2.90 bits per heavy atom. The summed E-state index contributed by atoms with van der Waals surface area (Å²) in [5.41, 5.74) is 2.19. The molecule has 0 saturated carbocycles. The number of pyridine rings is 1. The van der Waals surface area contributed by atoms with Crippen LogP contribution in [0.4, 0.5) is 13.2 Å². The summed E-state index contributed by atoms with van der Waals surface area (Å²) in [6.07, 6.45) is -0.102. The second-order valence-corrected chi connectivity index (χ2v) is 6.65. The van der Waals surface area contributed by atoms with Crippen LogP contribution in [0.25, 0.3) is 5.52 Å². The van der Waals surface area contributed by atoms with E-state index in [1.807, 2.05) is 18.2 Å². The zero-order chi connectivity index (χ0) is 20.2. The molecule has 0 bridgehead atoms. The Labute approximate surface area is 161 Å². The van der Waals surface area contributed by atoms with Crippen LogP contribution in [0.15, 0.2) is 49.1 Å². The van der Waals surface area contributed by atoms with E-state index in [0.29, 0.717) is 17.8 Å². The lowest BCUT2D eigenvalue weighted by Crippen LogP contribution is -2.42. The second kappa shape index (κ2) is 6.19. The molecule has 5 heterocycles. The molecule has 1 amide bonds. The lowest BCUT2D eigenvalue weighted by Gasteiger charge is -2.34. The van der Waals surface area contributed by atoms with E-state index in [1.165, 1.54) is 11.2 Å². The minimum atomic E-state index is -4.79. The highest BCUT2D eigenvalue weighted by atomic mass is 19.4. The highest BCUT2D eigenvalue weighted by Crippen LogP contribution is 2.35. The van der Waals surface area contributed by atoms with Crippen LogP contribution in [0.3, 0.4) is 0 Å². The fourth-order valence-corrected chi connectivity index (χ4v) is 3.70. The molecule has 1 aliphatic rings. The molecule has 0 aliphatic carbocycles. The number of carbonyl (C=O) groups is 1. The van der Waals surface area contributed by atoms with Crippen molar-refractivity contribution in [3.8, 4) is 0 Å². The number of rotatable bonds is 2. The summed E-state index contributed by atoms with van der Waals surface area (Å²) in [4.78, 5) is 21.9. The summed E-state index contributed by atoms with van der Waals surface area (Å²) >= 11 is 0. The van der Waals surface area contributed by atoms with Crippen LogP contribution < -0.4 is 0 Å². The maximum Gasteiger partial charge on any atom is 0.505 e. The molecule has 29 heavy (non-hydrogen) atoms. The van der Waals surface area contributed by atoms with Gasteiger partial charge >= 0.3 is 6.30 Å². The molecular formula is C18H14F3N7O. The van der Waals surface area contributed by atoms with Gasteiger partial charge in [-0.15, -0.1) is 13.2 Å². The van der Waals surface area contributed by atoms with E-state index >= 15 is 0 Å². The molecule has 0 saturated heterocycles. The van der Waals surface area contributed by atoms with E-state index < -0.39 is 23.9 Å². The van der Waals surface area contributed by atoms with Crippen molar-refractivity contribution in [2.75, 3.05) is 6.54 Å². The third kappa shape index (κ3) is 2.77. The maximum atomic E-state index is 13.3. The van der Waals surface area contributed by atoms with E-state index in [9.17, 15) is 18.0 Å². The Kier molecular flexibility index (Phi) is 3.73. The standard InChI is InChI=1S/C18H14F3N7O/c19-18(20,21)28-14(4-6-24-28)17(29)26-8-5-12-15(23-10-22-12)16(26)13-9-11-3-1-2-7-27(11)25-13/h1-4,6-7,9-10,16H,5,8H2,(H,22,23)/t16-/m1/s1. The number of imidazole rings is 1. The number of hydrogen-bond donors (Lipinski definition) is 1. The third-order valence-electron chi connectivity index (χ3n) is 4.96. The predicted octanol–water partition coefficient (Wildman–Crippen LogP) is 2.52.